The molecular formula is C15H16BrNO2S. The van der Waals surface area contributed by atoms with Crippen LogP contribution in [0.25, 0.3) is 0 Å². The quantitative estimate of drug-likeness (QED) is 0.906. The van der Waals surface area contributed by atoms with Gasteiger partial charge in [-0.15, -0.1) is 11.3 Å². The molecule has 3 nitrogen and oxygen atoms in total. The predicted octanol–water partition coefficient (Wildman–Crippen LogP) is 3.79. The Hall–Kier alpha value is -1.04. The van der Waals surface area contributed by atoms with E-state index in [9.17, 15) is 0 Å². The molecular weight excluding hydrogens is 338 g/mol. The number of nitrogens with one attached hydrogen (secondary N) is 1. The molecule has 1 unspecified atom stereocenters. The van der Waals surface area contributed by atoms with Crippen molar-refractivity contribution >= 4 is 27.3 Å². The second-order valence-electron chi connectivity index (χ2n) is 4.65. The molecule has 0 spiro atoms. The van der Waals surface area contributed by atoms with Crippen molar-refractivity contribution in [3.8, 4) is 11.5 Å². The molecule has 0 saturated heterocycles. The highest BCUT2D eigenvalue weighted by Crippen LogP contribution is 2.34. The minimum absolute atomic E-state index is 0.274. The first-order valence-corrected chi connectivity index (χ1v) is 8.18. The molecule has 2 heterocycles. The van der Waals surface area contributed by atoms with Crippen LogP contribution >= 0.6 is 27.3 Å². The summed E-state index contributed by atoms with van der Waals surface area (Å²) in [6.45, 7) is 1.25. The summed E-state index contributed by atoms with van der Waals surface area (Å²) in [6.07, 6.45) is 0.965. The maximum atomic E-state index is 5.66. The van der Waals surface area contributed by atoms with Crippen LogP contribution in [0.1, 0.15) is 16.5 Å². The van der Waals surface area contributed by atoms with Crippen LogP contribution in [-0.2, 0) is 6.42 Å². The van der Waals surface area contributed by atoms with Crippen LogP contribution in [0.3, 0.4) is 0 Å². The Bertz CT molecular complexity index is 599. The Morgan fingerprint density at radius 2 is 2.00 bits per heavy atom. The van der Waals surface area contributed by atoms with Crippen molar-refractivity contribution in [1.29, 1.82) is 0 Å². The highest BCUT2D eigenvalue weighted by molar-refractivity contribution is 9.11. The molecule has 0 saturated carbocycles. The molecule has 3 rings (SSSR count). The summed E-state index contributed by atoms with van der Waals surface area (Å²) < 4.78 is 12.4. The molecule has 1 aromatic carbocycles. The fourth-order valence-corrected chi connectivity index (χ4v) is 3.85. The van der Waals surface area contributed by atoms with Gasteiger partial charge in [-0.05, 0) is 52.8 Å². The second kappa shape index (κ2) is 6.16. The standard InChI is InChI=1S/C15H16BrNO2S/c1-17-12(9-11-3-5-15(16)20-11)10-2-4-13-14(8-10)19-7-6-18-13/h2-5,8,12,17H,6-7,9H2,1H3. The third kappa shape index (κ3) is 3.00. The summed E-state index contributed by atoms with van der Waals surface area (Å²) in [6, 6.07) is 10.7. The summed E-state index contributed by atoms with van der Waals surface area (Å²) >= 11 is 5.29. The summed E-state index contributed by atoms with van der Waals surface area (Å²) in [5.41, 5.74) is 1.22. The van der Waals surface area contributed by atoms with Crippen molar-refractivity contribution in [2.24, 2.45) is 0 Å². The minimum atomic E-state index is 0.274. The van der Waals surface area contributed by atoms with Gasteiger partial charge in [-0.3, -0.25) is 0 Å². The zero-order valence-corrected chi connectivity index (χ0v) is 13.6. The summed E-state index contributed by atoms with van der Waals surface area (Å²) in [7, 11) is 1.99. The monoisotopic (exact) mass is 353 g/mol. The molecule has 0 amide bonds. The van der Waals surface area contributed by atoms with E-state index < -0.39 is 0 Å². The number of halogens is 1. The van der Waals surface area contributed by atoms with Gasteiger partial charge in [-0.2, -0.15) is 0 Å². The van der Waals surface area contributed by atoms with E-state index in [4.69, 9.17) is 9.47 Å². The summed E-state index contributed by atoms with van der Waals surface area (Å²) in [4.78, 5) is 1.35. The van der Waals surface area contributed by atoms with Gasteiger partial charge in [-0.25, -0.2) is 0 Å². The largest absolute Gasteiger partial charge is 0.486 e. The van der Waals surface area contributed by atoms with Crippen molar-refractivity contribution in [2.75, 3.05) is 20.3 Å². The maximum Gasteiger partial charge on any atom is 0.161 e. The van der Waals surface area contributed by atoms with Crippen LogP contribution in [0.4, 0.5) is 0 Å². The van der Waals surface area contributed by atoms with Crippen LogP contribution in [-0.4, -0.2) is 20.3 Å². The van der Waals surface area contributed by atoms with Gasteiger partial charge >= 0.3 is 0 Å². The molecule has 1 N–H and O–H groups in total. The smallest absolute Gasteiger partial charge is 0.161 e. The number of benzene rings is 1. The van der Waals surface area contributed by atoms with Crippen LogP contribution in [0.15, 0.2) is 34.1 Å². The first kappa shape index (κ1) is 13.9. The van der Waals surface area contributed by atoms with Crippen molar-refractivity contribution in [3.05, 3.63) is 44.6 Å². The van der Waals surface area contributed by atoms with Gasteiger partial charge < -0.3 is 14.8 Å². The summed E-state index contributed by atoms with van der Waals surface area (Å²) in [5.74, 6) is 1.69. The normalized spacial score (nSPS) is 15.1. The highest BCUT2D eigenvalue weighted by Gasteiger charge is 2.17. The predicted molar refractivity (Wildman–Crippen MR) is 85.0 cm³/mol. The zero-order valence-electron chi connectivity index (χ0n) is 11.2. The second-order valence-corrected chi connectivity index (χ2v) is 7.20. The van der Waals surface area contributed by atoms with E-state index in [1.54, 1.807) is 11.3 Å². The number of ether oxygens (including phenoxy) is 2. The van der Waals surface area contributed by atoms with Crippen molar-refractivity contribution in [3.63, 3.8) is 0 Å². The van der Waals surface area contributed by atoms with Gasteiger partial charge in [0.05, 0.1) is 3.79 Å². The number of thiophene rings is 1. The van der Waals surface area contributed by atoms with E-state index in [1.807, 2.05) is 13.1 Å². The van der Waals surface area contributed by atoms with Crippen molar-refractivity contribution in [1.82, 2.24) is 5.32 Å². The Morgan fingerprint density at radius 3 is 2.70 bits per heavy atom. The van der Waals surface area contributed by atoms with E-state index in [0.717, 1.165) is 17.9 Å². The van der Waals surface area contributed by atoms with Gasteiger partial charge in [0.15, 0.2) is 11.5 Å². The molecule has 106 valence electrons. The molecule has 0 bridgehead atoms. The topological polar surface area (TPSA) is 30.5 Å². The maximum absolute atomic E-state index is 5.66. The molecule has 20 heavy (non-hydrogen) atoms. The van der Waals surface area contributed by atoms with E-state index in [-0.39, 0.29) is 6.04 Å². The van der Waals surface area contributed by atoms with Crippen LogP contribution in [0.2, 0.25) is 0 Å². The van der Waals surface area contributed by atoms with Gasteiger partial charge in [0, 0.05) is 17.3 Å². The first-order chi connectivity index (χ1) is 9.76. The van der Waals surface area contributed by atoms with E-state index >= 15 is 0 Å². The summed E-state index contributed by atoms with van der Waals surface area (Å²) in [5, 5.41) is 3.38. The third-order valence-corrected chi connectivity index (χ3v) is 5.00. The Balaban J connectivity index is 1.81. The highest BCUT2D eigenvalue weighted by atomic mass is 79.9. The lowest BCUT2D eigenvalue weighted by molar-refractivity contribution is 0.171. The molecule has 5 heteroatoms. The number of rotatable bonds is 4. The van der Waals surface area contributed by atoms with Gasteiger partial charge in [0.2, 0.25) is 0 Å². The lowest BCUT2D eigenvalue weighted by atomic mass is 10.0. The fourth-order valence-electron chi connectivity index (χ4n) is 2.33. The Morgan fingerprint density at radius 1 is 1.20 bits per heavy atom. The average Bonchev–Trinajstić information content (AvgIpc) is 2.89. The van der Waals surface area contributed by atoms with Crippen LogP contribution < -0.4 is 14.8 Å². The fraction of sp³-hybridized carbons (Fsp3) is 0.333. The molecule has 0 fully saturated rings. The minimum Gasteiger partial charge on any atom is -0.486 e. The van der Waals surface area contributed by atoms with Gasteiger partial charge in [-0.1, -0.05) is 6.07 Å². The third-order valence-electron chi connectivity index (χ3n) is 3.35. The van der Waals surface area contributed by atoms with Gasteiger partial charge in [0.1, 0.15) is 13.2 Å². The molecule has 0 radical (unpaired) electrons. The lowest BCUT2D eigenvalue weighted by Crippen LogP contribution is -2.20. The molecule has 1 atom stereocenters. The van der Waals surface area contributed by atoms with Gasteiger partial charge in [0.25, 0.3) is 0 Å². The molecule has 2 aromatic rings. The van der Waals surface area contributed by atoms with Crippen molar-refractivity contribution in [2.45, 2.75) is 12.5 Å². The number of likely N-dealkylation sites (N-methyl/N-ethyl adjacent to an activating group) is 1. The van der Waals surface area contributed by atoms with E-state index in [0.29, 0.717) is 13.2 Å². The Kier molecular flexibility index (Phi) is 4.29. The van der Waals surface area contributed by atoms with Crippen LogP contribution in [0, 0.1) is 0 Å². The van der Waals surface area contributed by atoms with E-state index in [1.165, 1.54) is 14.2 Å². The molecule has 0 aliphatic carbocycles. The first-order valence-electron chi connectivity index (χ1n) is 6.57. The lowest BCUT2D eigenvalue weighted by Gasteiger charge is -2.21. The van der Waals surface area contributed by atoms with E-state index in [2.05, 4.69) is 45.5 Å². The number of hydrogen-bond acceptors (Lipinski definition) is 4. The van der Waals surface area contributed by atoms with Crippen molar-refractivity contribution < 1.29 is 9.47 Å². The number of fused-ring (bicyclic) bond motifs is 1. The SMILES string of the molecule is CNC(Cc1ccc(Br)s1)c1ccc2c(c1)OCCO2. The zero-order chi connectivity index (χ0) is 13.9. The molecule has 1 aromatic heterocycles. The molecule has 1 aliphatic rings. The molecule has 1 aliphatic heterocycles. The number of hydrogen-bond donors (Lipinski definition) is 1. The van der Waals surface area contributed by atoms with Crippen LogP contribution in [0.5, 0.6) is 11.5 Å². The Labute approximate surface area is 131 Å². The average molecular weight is 354 g/mol.